The quantitative estimate of drug-likeness (QED) is 0.694. The lowest BCUT2D eigenvalue weighted by atomic mass is 10.1. The maximum atomic E-state index is 13.3. The van der Waals surface area contributed by atoms with Crippen molar-refractivity contribution in [2.75, 3.05) is 13.1 Å². The Morgan fingerprint density at radius 3 is 2.56 bits per heavy atom. The number of nitrogens with one attached hydrogen (secondary N) is 1. The van der Waals surface area contributed by atoms with Gasteiger partial charge in [-0.2, -0.15) is 0 Å². The van der Waals surface area contributed by atoms with Crippen LogP contribution in [0.25, 0.3) is 0 Å². The van der Waals surface area contributed by atoms with Gasteiger partial charge in [0.05, 0.1) is 0 Å². The van der Waals surface area contributed by atoms with Gasteiger partial charge in [0.15, 0.2) is 0 Å². The number of halogens is 2. The van der Waals surface area contributed by atoms with E-state index < -0.39 is 11.6 Å². The van der Waals surface area contributed by atoms with Crippen molar-refractivity contribution >= 4 is 0 Å². The molecule has 0 unspecified atom stereocenters. The third-order valence-electron chi connectivity index (χ3n) is 2.87. The number of unbranched alkanes of at least 4 members (excludes halogenated alkanes) is 2. The predicted octanol–water partition coefficient (Wildman–Crippen LogP) is 3.92. The molecular weight excluding hydrogens is 232 g/mol. The molecule has 0 radical (unpaired) electrons. The largest absolute Gasteiger partial charge is 0.316 e. The number of hydrogen-bond donors (Lipinski definition) is 1. The molecule has 1 N–H and O–H groups in total. The number of benzene rings is 1. The molecule has 1 nitrogen and oxygen atoms in total. The van der Waals surface area contributed by atoms with Crippen LogP contribution in [0.1, 0.15) is 38.7 Å². The Morgan fingerprint density at radius 2 is 1.89 bits per heavy atom. The summed E-state index contributed by atoms with van der Waals surface area (Å²) >= 11 is 0. The summed E-state index contributed by atoms with van der Waals surface area (Å²) in [6, 6.07) is 3.82. The minimum atomic E-state index is -0.505. The Balaban J connectivity index is 2.11. The second-order valence-electron chi connectivity index (χ2n) is 5.14. The summed E-state index contributed by atoms with van der Waals surface area (Å²) in [5.74, 6) is -0.250. The van der Waals surface area contributed by atoms with Crippen molar-refractivity contribution in [3.05, 3.63) is 35.4 Å². The van der Waals surface area contributed by atoms with E-state index in [1.54, 1.807) is 6.07 Å². The van der Waals surface area contributed by atoms with Crippen molar-refractivity contribution in [1.29, 1.82) is 0 Å². The van der Waals surface area contributed by atoms with E-state index in [2.05, 4.69) is 19.2 Å². The molecule has 0 aliphatic heterocycles. The van der Waals surface area contributed by atoms with Gasteiger partial charge >= 0.3 is 0 Å². The van der Waals surface area contributed by atoms with E-state index in [1.165, 1.54) is 6.07 Å². The molecular formula is C15H23F2N. The molecule has 0 saturated carbocycles. The van der Waals surface area contributed by atoms with Gasteiger partial charge in [-0.3, -0.25) is 0 Å². The molecule has 0 aliphatic rings. The summed E-state index contributed by atoms with van der Waals surface area (Å²) in [4.78, 5) is 0. The summed E-state index contributed by atoms with van der Waals surface area (Å²) in [6.45, 7) is 6.44. The van der Waals surface area contributed by atoms with Crippen molar-refractivity contribution in [3.63, 3.8) is 0 Å². The first-order valence-corrected chi connectivity index (χ1v) is 6.74. The molecule has 0 fully saturated rings. The standard InChI is InChI=1S/C15H23F2N/c1-12(2)11-18-9-5-3-4-6-13-7-8-14(16)10-15(13)17/h7-8,10,12,18H,3-6,9,11H2,1-2H3. The zero-order chi connectivity index (χ0) is 13.4. The first kappa shape index (κ1) is 15.1. The summed E-state index contributed by atoms with van der Waals surface area (Å²) in [6.07, 6.45) is 3.82. The van der Waals surface area contributed by atoms with E-state index in [0.717, 1.165) is 38.4 Å². The Morgan fingerprint density at radius 1 is 1.11 bits per heavy atom. The van der Waals surface area contributed by atoms with Gasteiger partial charge in [0.25, 0.3) is 0 Å². The first-order valence-electron chi connectivity index (χ1n) is 6.74. The molecule has 0 saturated heterocycles. The molecule has 0 heterocycles. The van der Waals surface area contributed by atoms with Crippen LogP contribution in [0.5, 0.6) is 0 Å². The highest BCUT2D eigenvalue weighted by molar-refractivity contribution is 5.18. The van der Waals surface area contributed by atoms with Gasteiger partial charge < -0.3 is 5.32 Å². The van der Waals surface area contributed by atoms with Gasteiger partial charge in [-0.05, 0) is 49.9 Å². The zero-order valence-electron chi connectivity index (χ0n) is 11.3. The van der Waals surface area contributed by atoms with Crippen molar-refractivity contribution in [2.45, 2.75) is 39.5 Å². The van der Waals surface area contributed by atoms with Crippen LogP contribution >= 0.6 is 0 Å². The molecule has 3 heteroatoms. The summed E-state index contributed by atoms with van der Waals surface area (Å²) in [5, 5.41) is 3.38. The number of aryl methyl sites for hydroxylation is 1. The maximum absolute atomic E-state index is 13.3. The third kappa shape index (κ3) is 6.10. The molecule has 0 atom stereocenters. The minimum Gasteiger partial charge on any atom is -0.316 e. The minimum absolute atomic E-state index is 0.423. The van der Waals surface area contributed by atoms with Crippen LogP contribution in [0, 0.1) is 17.6 Å². The lowest BCUT2D eigenvalue weighted by molar-refractivity contribution is 0.526. The van der Waals surface area contributed by atoms with Crippen LogP contribution in [-0.2, 0) is 6.42 Å². The van der Waals surface area contributed by atoms with Crippen molar-refractivity contribution in [1.82, 2.24) is 5.32 Å². The fourth-order valence-electron chi connectivity index (χ4n) is 1.86. The molecule has 0 aromatic heterocycles. The van der Waals surface area contributed by atoms with Crippen molar-refractivity contribution in [2.24, 2.45) is 5.92 Å². The average Bonchev–Trinajstić information content (AvgIpc) is 2.30. The molecule has 18 heavy (non-hydrogen) atoms. The van der Waals surface area contributed by atoms with Gasteiger partial charge in [0.1, 0.15) is 11.6 Å². The molecule has 1 aromatic carbocycles. The molecule has 1 aromatic rings. The monoisotopic (exact) mass is 255 g/mol. The van der Waals surface area contributed by atoms with Crippen molar-refractivity contribution in [3.8, 4) is 0 Å². The fraction of sp³-hybridized carbons (Fsp3) is 0.600. The Bertz CT molecular complexity index is 350. The van der Waals surface area contributed by atoms with Crippen LogP contribution in [0.15, 0.2) is 18.2 Å². The normalized spacial score (nSPS) is 11.2. The molecule has 0 spiro atoms. The van der Waals surface area contributed by atoms with Crippen LogP contribution in [0.2, 0.25) is 0 Å². The maximum Gasteiger partial charge on any atom is 0.129 e. The topological polar surface area (TPSA) is 12.0 Å². The van der Waals surface area contributed by atoms with E-state index in [1.807, 2.05) is 0 Å². The van der Waals surface area contributed by atoms with Gasteiger partial charge in [-0.1, -0.05) is 26.3 Å². The van der Waals surface area contributed by atoms with Crippen LogP contribution in [0.3, 0.4) is 0 Å². The van der Waals surface area contributed by atoms with Gasteiger partial charge in [-0.15, -0.1) is 0 Å². The molecule has 0 aliphatic carbocycles. The highest BCUT2D eigenvalue weighted by Gasteiger charge is 2.03. The molecule has 0 amide bonds. The van der Waals surface area contributed by atoms with Gasteiger partial charge in [0.2, 0.25) is 0 Å². The van der Waals surface area contributed by atoms with E-state index in [0.29, 0.717) is 17.9 Å². The smallest absolute Gasteiger partial charge is 0.129 e. The van der Waals surface area contributed by atoms with Crippen LogP contribution < -0.4 is 5.32 Å². The SMILES string of the molecule is CC(C)CNCCCCCc1ccc(F)cc1F. The van der Waals surface area contributed by atoms with E-state index >= 15 is 0 Å². The lowest BCUT2D eigenvalue weighted by Crippen LogP contribution is -2.20. The average molecular weight is 255 g/mol. The van der Waals surface area contributed by atoms with Gasteiger partial charge in [-0.25, -0.2) is 8.78 Å². The number of hydrogen-bond acceptors (Lipinski definition) is 1. The van der Waals surface area contributed by atoms with E-state index in [9.17, 15) is 8.78 Å². The summed E-state index contributed by atoms with van der Waals surface area (Å²) < 4.78 is 26.0. The Labute approximate surface area is 109 Å². The highest BCUT2D eigenvalue weighted by atomic mass is 19.1. The van der Waals surface area contributed by atoms with Crippen LogP contribution in [0.4, 0.5) is 8.78 Å². The molecule has 0 bridgehead atoms. The molecule has 1 rings (SSSR count). The molecule has 102 valence electrons. The second-order valence-corrected chi connectivity index (χ2v) is 5.14. The van der Waals surface area contributed by atoms with E-state index in [4.69, 9.17) is 0 Å². The van der Waals surface area contributed by atoms with Crippen LogP contribution in [-0.4, -0.2) is 13.1 Å². The number of rotatable bonds is 8. The zero-order valence-corrected chi connectivity index (χ0v) is 11.3. The van der Waals surface area contributed by atoms with E-state index in [-0.39, 0.29) is 0 Å². The summed E-state index contributed by atoms with van der Waals surface area (Å²) in [5.41, 5.74) is 0.617. The highest BCUT2D eigenvalue weighted by Crippen LogP contribution is 2.12. The Hall–Kier alpha value is -0.960. The van der Waals surface area contributed by atoms with Gasteiger partial charge in [0, 0.05) is 6.07 Å². The first-order chi connectivity index (χ1) is 8.59. The Kier molecular flexibility index (Phi) is 6.88. The van der Waals surface area contributed by atoms with Crippen molar-refractivity contribution < 1.29 is 8.78 Å². The predicted molar refractivity (Wildman–Crippen MR) is 71.6 cm³/mol. The summed E-state index contributed by atoms with van der Waals surface area (Å²) in [7, 11) is 0. The fourth-order valence-corrected chi connectivity index (χ4v) is 1.86. The third-order valence-corrected chi connectivity index (χ3v) is 2.87. The second kappa shape index (κ2) is 8.20. The lowest BCUT2D eigenvalue weighted by Gasteiger charge is -2.07.